The summed E-state index contributed by atoms with van der Waals surface area (Å²) in [6.45, 7) is 2.11. The van der Waals surface area contributed by atoms with Crippen molar-refractivity contribution >= 4 is 5.91 Å². The number of benzene rings is 1. The van der Waals surface area contributed by atoms with Gasteiger partial charge in [0.25, 0.3) is 11.5 Å². The van der Waals surface area contributed by atoms with Crippen LogP contribution in [-0.2, 0) is 11.3 Å². The SMILES string of the molecule is CCOCc1nc(=O)c(C(=O)N2CCC(c3ncc(F)cc3F)C2)c(O)n1-c1c(OC)cccc1OC. The third-order valence-corrected chi connectivity index (χ3v) is 6.11. The Morgan fingerprint density at radius 3 is 2.54 bits per heavy atom. The lowest BCUT2D eigenvalue weighted by molar-refractivity contribution is 0.0782. The van der Waals surface area contributed by atoms with E-state index in [4.69, 9.17) is 14.2 Å². The molecule has 0 aliphatic carbocycles. The molecule has 12 heteroatoms. The van der Waals surface area contributed by atoms with Crippen LogP contribution in [0.4, 0.5) is 8.78 Å². The molecule has 1 aliphatic heterocycles. The fourth-order valence-electron chi connectivity index (χ4n) is 4.37. The standard InChI is InChI=1S/C25H26F2N4O6/c1-4-37-13-19-29-23(32)20(25(34)31(19)22-17(35-2)6-5-7-18(22)36-3)24(33)30-9-8-14(12-30)21-16(27)10-15(26)11-28-21/h5-7,10-11,14,34H,4,8-9,12-13H2,1-3H3. The maximum atomic E-state index is 14.3. The largest absolute Gasteiger partial charge is 0.494 e. The Labute approximate surface area is 211 Å². The number of para-hydroxylation sites is 1. The van der Waals surface area contributed by atoms with Gasteiger partial charge in [-0.3, -0.25) is 19.1 Å². The van der Waals surface area contributed by atoms with Crippen molar-refractivity contribution in [3.05, 3.63) is 69.5 Å². The summed E-state index contributed by atoms with van der Waals surface area (Å²) in [6, 6.07) is 5.65. The number of rotatable bonds is 8. The Hall–Kier alpha value is -4.06. The Balaban J connectivity index is 1.78. The van der Waals surface area contributed by atoms with E-state index in [-0.39, 0.29) is 48.4 Å². The van der Waals surface area contributed by atoms with Gasteiger partial charge in [0.1, 0.15) is 41.3 Å². The van der Waals surface area contributed by atoms with Gasteiger partial charge in [0.05, 0.1) is 26.1 Å². The zero-order valence-corrected chi connectivity index (χ0v) is 20.5. The second-order valence-electron chi connectivity index (χ2n) is 8.27. The number of pyridine rings is 1. The number of hydrogen-bond donors (Lipinski definition) is 1. The van der Waals surface area contributed by atoms with Gasteiger partial charge >= 0.3 is 0 Å². The molecule has 1 fully saturated rings. The van der Waals surface area contributed by atoms with Crippen LogP contribution in [0.3, 0.4) is 0 Å². The van der Waals surface area contributed by atoms with Crippen LogP contribution in [0.1, 0.15) is 41.1 Å². The molecular weight excluding hydrogens is 490 g/mol. The molecule has 37 heavy (non-hydrogen) atoms. The number of aromatic hydroxyl groups is 1. The van der Waals surface area contributed by atoms with E-state index in [0.717, 1.165) is 12.3 Å². The first-order valence-electron chi connectivity index (χ1n) is 11.5. The summed E-state index contributed by atoms with van der Waals surface area (Å²) < 4.78 is 45.1. The van der Waals surface area contributed by atoms with Gasteiger partial charge in [0.2, 0.25) is 5.88 Å². The first-order chi connectivity index (χ1) is 17.8. The molecule has 4 rings (SSSR count). The average Bonchev–Trinajstić information content (AvgIpc) is 3.37. The number of aromatic nitrogens is 3. The van der Waals surface area contributed by atoms with E-state index in [1.807, 2.05) is 0 Å². The number of nitrogens with zero attached hydrogens (tertiary/aromatic N) is 4. The Morgan fingerprint density at radius 2 is 1.92 bits per heavy atom. The van der Waals surface area contributed by atoms with E-state index in [9.17, 15) is 23.5 Å². The minimum atomic E-state index is -0.947. The molecule has 2 aromatic heterocycles. The lowest BCUT2D eigenvalue weighted by Gasteiger charge is -2.22. The van der Waals surface area contributed by atoms with Crippen molar-refractivity contribution < 1.29 is 32.9 Å². The fraction of sp³-hybridized carbons (Fsp3) is 0.360. The Bertz CT molecular complexity index is 1360. The molecule has 3 aromatic rings. The highest BCUT2D eigenvalue weighted by Crippen LogP contribution is 2.37. The van der Waals surface area contributed by atoms with Crippen molar-refractivity contribution in [1.82, 2.24) is 19.4 Å². The molecule has 196 valence electrons. The monoisotopic (exact) mass is 516 g/mol. The first-order valence-corrected chi connectivity index (χ1v) is 11.5. The quantitative estimate of drug-likeness (QED) is 0.486. The molecule has 1 N–H and O–H groups in total. The number of halogens is 2. The third-order valence-electron chi connectivity index (χ3n) is 6.11. The number of hydrogen-bond acceptors (Lipinski definition) is 8. The van der Waals surface area contributed by atoms with Crippen molar-refractivity contribution in [3.63, 3.8) is 0 Å². The molecule has 0 spiro atoms. The van der Waals surface area contributed by atoms with Gasteiger partial charge in [0.15, 0.2) is 5.56 Å². The van der Waals surface area contributed by atoms with Gasteiger partial charge in [-0.2, -0.15) is 4.98 Å². The van der Waals surface area contributed by atoms with Crippen molar-refractivity contribution in [2.45, 2.75) is 25.9 Å². The van der Waals surface area contributed by atoms with Crippen LogP contribution in [-0.4, -0.2) is 64.4 Å². The summed E-state index contributed by atoms with van der Waals surface area (Å²) in [6.07, 6.45) is 1.25. The molecule has 0 radical (unpaired) electrons. The van der Waals surface area contributed by atoms with E-state index in [1.165, 1.54) is 23.7 Å². The van der Waals surface area contributed by atoms with Crippen molar-refractivity contribution in [1.29, 1.82) is 0 Å². The Morgan fingerprint density at radius 1 is 1.22 bits per heavy atom. The second-order valence-corrected chi connectivity index (χ2v) is 8.27. The highest BCUT2D eigenvalue weighted by atomic mass is 19.1. The van der Waals surface area contributed by atoms with Crippen LogP contribution in [0.15, 0.2) is 35.3 Å². The molecule has 1 amide bonds. The van der Waals surface area contributed by atoms with Gasteiger partial charge in [-0.1, -0.05) is 6.07 Å². The summed E-state index contributed by atoms with van der Waals surface area (Å²) in [5.74, 6) is -2.97. The number of ether oxygens (including phenoxy) is 3. The van der Waals surface area contributed by atoms with Crippen LogP contribution in [0, 0.1) is 11.6 Å². The van der Waals surface area contributed by atoms with Crippen molar-refractivity contribution in [2.75, 3.05) is 33.9 Å². The van der Waals surface area contributed by atoms with Gasteiger partial charge in [-0.05, 0) is 25.5 Å². The first kappa shape index (κ1) is 26.0. The van der Waals surface area contributed by atoms with Gasteiger partial charge < -0.3 is 24.2 Å². The topological polar surface area (TPSA) is 116 Å². The van der Waals surface area contributed by atoms with E-state index in [0.29, 0.717) is 13.0 Å². The summed E-state index contributed by atoms with van der Waals surface area (Å²) in [5.41, 5.74) is -1.27. The average molecular weight is 517 g/mol. The number of carbonyl (C=O) groups is 1. The van der Waals surface area contributed by atoms with E-state index in [2.05, 4.69) is 9.97 Å². The molecule has 1 saturated heterocycles. The minimum Gasteiger partial charge on any atom is -0.494 e. The molecule has 1 atom stereocenters. The van der Waals surface area contributed by atoms with E-state index in [1.54, 1.807) is 25.1 Å². The summed E-state index contributed by atoms with van der Waals surface area (Å²) in [4.78, 5) is 35.6. The van der Waals surface area contributed by atoms with Crippen molar-refractivity contribution in [2.24, 2.45) is 0 Å². The lowest BCUT2D eigenvalue weighted by atomic mass is 10.0. The van der Waals surface area contributed by atoms with Gasteiger partial charge in [-0.25, -0.2) is 8.78 Å². The molecular formula is C25H26F2N4O6. The zero-order valence-electron chi connectivity index (χ0n) is 20.5. The molecule has 3 heterocycles. The summed E-state index contributed by atoms with van der Waals surface area (Å²) in [5, 5.41) is 11.3. The van der Waals surface area contributed by atoms with Crippen LogP contribution < -0.4 is 15.0 Å². The maximum absolute atomic E-state index is 14.3. The minimum absolute atomic E-state index is 0.0198. The van der Waals surface area contributed by atoms with Gasteiger partial charge in [0, 0.05) is 31.7 Å². The normalized spacial score (nSPS) is 15.2. The molecule has 0 bridgehead atoms. The van der Waals surface area contributed by atoms with Crippen LogP contribution in [0.2, 0.25) is 0 Å². The maximum Gasteiger partial charge on any atom is 0.289 e. The highest BCUT2D eigenvalue weighted by molar-refractivity contribution is 5.96. The fourth-order valence-corrected chi connectivity index (χ4v) is 4.37. The molecule has 1 unspecified atom stereocenters. The third kappa shape index (κ3) is 4.96. The number of amides is 1. The predicted octanol–water partition coefficient (Wildman–Crippen LogP) is 2.79. The molecule has 1 aliphatic rings. The summed E-state index contributed by atoms with van der Waals surface area (Å²) in [7, 11) is 2.85. The summed E-state index contributed by atoms with van der Waals surface area (Å²) >= 11 is 0. The van der Waals surface area contributed by atoms with Crippen molar-refractivity contribution in [3.8, 4) is 23.1 Å². The molecule has 1 aromatic carbocycles. The number of methoxy groups -OCH3 is 2. The van der Waals surface area contributed by atoms with Crippen LogP contribution in [0.5, 0.6) is 17.4 Å². The molecule has 0 saturated carbocycles. The van der Waals surface area contributed by atoms with Gasteiger partial charge in [-0.15, -0.1) is 0 Å². The van der Waals surface area contributed by atoms with E-state index < -0.39 is 40.5 Å². The van der Waals surface area contributed by atoms with Crippen LogP contribution >= 0.6 is 0 Å². The highest BCUT2D eigenvalue weighted by Gasteiger charge is 2.35. The lowest BCUT2D eigenvalue weighted by Crippen LogP contribution is -2.35. The second kappa shape index (κ2) is 10.9. The molecule has 10 nitrogen and oxygen atoms in total. The number of likely N-dealkylation sites (tertiary alicyclic amines) is 1. The smallest absolute Gasteiger partial charge is 0.289 e. The number of carbonyl (C=O) groups excluding carboxylic acids is 1. The Kier molecular flexibility index (Phi) is 7.67. The van der Waals surface area contributed by atoms with Crippen LogP contribution in [0.25, 0.3) is 5.69 Å². The van der Waals surface area contributed by atoms with E-state index >= 15 is 0 Å². The zero-order chi connectivity index (χ0) is 26.7. The predicted molar refractivity (Wildman–Crippen MR) is 127 cm³/mol.